The average Bonchev–Trinajstić information content (AvgIpc) is 2.94. The molecule has 0 aliphatic rings. The molecule has 0 amide bonds. The van der Waals surface area contributed by atoms with Crippen molar-refractivity contribution in [3.05, 3.63) is 59.0 Å². The van der Waals surface area contributed by atoms with Gasteiger partial charge in [-0.05, 0) is 23.8 Å². The van der Waals surface area contributed by atoms with Gasteiger partial charge in [-0.2, -0.15) is 0 Å². The van der Waals surface area contributed by atoms with Crippen LogP contribution in [0.5, 0.6) is 0 Å². The number of nitrogens with one attached hydrogen (secondary N) is 1. The van der Waals surface area contributed by atoms with Gasteiger partial charge >= 0.3 is 0 Å². The van der Waals surface area contributed by atoms with Gasteiger partial charge in [0.1, 0.15) is 12.4 Å². The first-order valence-electron chi connectivity index (χ1n) is 6.48. The van der Waals surface area contributed by atoms with E-state index in [1.807, 2.05) is 30.3 Å². The Morgan fingerprint density at radius 3 is 2.85 bits per heavy atom. The number of aliphatic hydroxyl groups is 1. The molecule has 2 rings (SSSR count). The smallest absolute Gasteiger partial charge is 0.129 e. The zero-order chi connectivity index (χ0) is 14.2. The Hall–Kier alpha value is -1.33. The number of rotatable bonds is 8. The van der Waals surface area contributed by atoms with E-state index in [1.54, 1.807) is 12.3 Å². The Morgan fingerprint density at radius 2 is 2.10 bits per heavy atom. The lowest BCUT2D eigenvalue weighted by atomic mass is 10.2. The molecule has 0 saturated heterocycles. The van der Waals surface area contributed by atoms with E-state index >= 15 is 0 Å². The summed E-state index contributed by atoms with van der Waals surface area (Å²) in [5.41, 5.74) is 1.01. The van der Waals surface area contributed by atoms with E-state index in [-0.39, 0.29) is 6.61 Å². The van der Waals surface area contributed by atoms with Crippen molar-refractivity contribution in [2.45, 2.75) is 19.3 Å². The molecule has 1 aromatic carbocycles. The fraction of sp³-hybridized carbons (Fsp3) is 0.333. The number of halogens is 1. The number of hydrogen-bond acceptors (Lipinski definition) is 4. The van der Waals surface area contributed by atoms with Crippen molar-refractivity contribution >= 4 is 11.6 Å². The molecule has 1 aromatic heterocycles. The Bertz CT molecular complexity index is 502. The van der Waals surface area contributed by atoms with E-state index < -0.39 is 6.10 Å². The highest BCUT2D eigenvalue weighted by molar-refractivity contribution is 6.31. The molecule has 0 aliphatic heterocycles. The topological polar surface area (TPSA) is 54.6 Å². The normalized spacial score (nSPS) is 12.5. The number of hydrogen-bond donors (Lipinski definition) is 2. The predicted molar refractivity (Wildman–Crippen MR) is 77.5 cm³/mol. The van der Waals surface area contributed by atoms with Crippen LogP contribution in [0.15, 0.2) is 47.1 Å². The van der Waals surface area contributed by atoms with E-state index in [1.165, 1.54) is 0 Å². The van der Waals surface area contributed by atoms with Gasteiger partial charge in [0.05, 0.1) is 19.0 Å². The molecular weight excluding hydrogens is 278 g/mol. The van der Waals surface area contributed by atoms with Crippen LogP contribution in [0.2, 0.25) is 5.02 Å². The lowest BCUT2D eigenvalue weighted by Gasteiger charge is -2.12. The van der Waals surface area contributed by atoms with Crippen LogP contribution in [0.1, 0.15) is 11.3 Å². The molecule has 1 atom stereocenters. The summed E-state index contributed by atoms with van der Waals surface area (Å²) >= 11 is 6.04. The molecule has 0 aliphatic carbocycles. The third-order valence-corrected chi connectivity index (χ3v) is 3.16. The van der Waals surface area contributed by atoms with Crippen molar-refractivity contribution < 1.29 is 14.3 Å². The van der Waals surface area contributed by atoms with Gasteiger partial charge in [-0.3, -0.25) is 0 Å². The fourth-order valence-electron chi connectivity index (χ4n) is 1.76. The third-order valence-electron chi connectivity index (χ3n) is 2.79. The van der Waals surface area contributed by atoms with Gasteiger partial charge in [0.15, 0.2) is 0 Å². The highest BCUT2D eigenvalue weighted by Gasteiger charge is 2.05. The van der Waals surface area contributed by atoms with Crippen molar-refractivity contribution in [1.29, 1.82) is 0 Å². The van der Waals surface area contributed by atoms with Crippen LogP contribution >= 0.6 is 11.6 Å². The minimum Gasteiger partial charge on any atom is -0.467 e. The summed E-state index contributed by atoms with van der Waals surface area (Å²) in [4.78, 5) is 0. The summed E-state index contributed by atoms with van der Waals surface area (Å²) in [5.74, 6) is 0.751. The van der Waals surface area contributed by atoms with Crippen molar-refractivity contribution in [1.82, 2.24) is 5.32 Å². The van der Waals surface area contributed by atoms with Crippen LogP contribution in [0.25, 0.3) is 0 Å². The maximum absolute atomic E-state index is 9.77. The molecule has 5 heteroatoms. The quantitative estimate of drug-likeness (QED) is 0.786. The van der Waals surface area contributed by atoms with E-state index in [9.17, 15) is 5.11 Å². The standard InChI is InChI=1S/C15H18ClNO3/c16-15-6-2-1-4-12(15)8-17-9-13(18)10-19-11-14-5-3-7-20-14/h1-7,13,17-18H,8-11H2. The number of furan rings is 1. The summed E-state index contributed by atoms with van der Waals surface area (Å²) < 4.78 is 10.5. The van der Waals surface area contributed by atoms with E-state index in [4.69, 9.17) is 20.8 Å². The maximum Gasteiger partial charge on any atom is 0.129 e. The molecule has 0 bridgehead atoms. The first kappa shape index (κ1) is 15.1. The van der Waals surface area contributed by atoms with Crippen LogP contribution in [0.3, 0.4) is 0 Å². The minimum absolute atomic E-state index is 0.260. The fourth-order valence-corrected chi connectivity index (χ4v) is 1.97. The molecule has 108 valence electrons. The SMILES string of the molecule is OC(CNCc1ccccc1Cl)COCc1ccco1. The minimum atomic E-state index is -0.563. The van der Waals surface area contributed by atoms with Gasteiger partial charge < -0.3 is 19.6 Å². The van der Waals surface area contributed by atoms with Crippen LogP contribution in [-0.2, 0) is 17.9 Å². The second-order valence-corrected chi connectivity index (χ2v) is 4.88. The van der Waals surface area contributed by atoms with Crippen LogP contribution in [-0.4, -0.2) is 24.4 Å². The van der Waals surface area contributed by atoms with Gasteiger partial charge in [0.2, 0.25) is 0 Å². The molecule has 1 heterocycles. The Balaban J connectivity index is 1.60. The molecule has 0 spiro atoms. The zero-order valence-corrected chi connectivity index (χ0v) is 11.8. The van der Waals surface area contributed by atoms with Gasteiger partial charge in [0.25, 0.3) is 0 Å². The molecule has 4 nitrogen and oxygen atoms in total. The molecule has 20 heavy (non-hydrogen) atoms. The third kappa shape index (κ3) is 4.98. The summed E-state index contributed by atoms with van der Waals surface area (Å²) in [6.07, 6.45) is 1.03. The summed E-state index contributed by atoms with van der Waals surface area (Å²) in [6.45, 7) is 1.70. The maximum atomic E-state index is 9.77. The summed E-state index contributed by atoms with van der Waals surface area (Å²) in [6, 6.07) is 11.3. The lowest BCUT2D eigenvalue weighted by Crippen LogP contribution is -2.30. The van der Waals surface area contributed by atoms with E-state index in [2.05, 4.69) is 5.32 Å². The molecular formula is C15H18ClNO3. The van der Waals surface area contributed by atoms with Crippen LogP contribution < -0.4 is 5.32 Å². The lowest BCUT2D eigenvalue weighted by molar-refractivity contribution is 0.0226. The van der Waals surface area contributed by atoms with Gasteiger partial charge in [-0.1, -0.05) is 29.8 Å². The van der Waals surface area contributed by atoms with Gasteiger partial charge in [-0.25, -0.2) is 0 Å². The monoisotopic (exact) mass is 295 g/mol. The van der Waals surface area contributed by atoms with Crippen molar-refractivity contribution in [3.63, 3.8) is 0 Å². The Labute approximate surface area is 123 Å². The number of aliphatic hydroxyl groups excluding tert-OH is 1. The highest BCUT2D eigenvalue weighted by atomic mass is 35.5. The Morgan fingerprint density at radius 1 is 1.25 bits per heavy atom. The second kappa shape index (κ2) is 8.07. The van der Waals surface area contributed by atoms with E-state index in [0.717, 1.165) is 16.3 Å². The van der Waals surface area contributed by atoms with Crippen molar-refractivity contribution in [3.8, 4) is 0 Å². The van der Waals surface area contributed by atoms with Crippen molar-refractivity contribution in [2.75, 3.05) is 13.2 Å². The van der Waals surface area contributed by atoms with Crippen LogP contribution in [0, 0.1) is 0 Å². The average molecular weight is 296 g/mol. The molecule has 0 saturated carbocycles. The second-order valence-electron chi connectivity index (χ2n) is 4.47. The Kier molecular flexibility index (Phi) is 6.08. The molecule has 0 fully saturated rings. The first-order chi connectivity index (χ1) is 9.75. The zero-order valence-electron chi connectivity index (χ0n) is 11.1. The van der Waals surface area contributed by atoms with E-state index in [0.29, 0.717) is 19.7 Å². The first-order valence-corrected chi connectivity index (χ1v) is 6.86. The van der Waals surface area contributed by atoms with Gasteiger partial charge in [-0.15, -0.1) is 0 Å². The summed E-state index contributed by atoms with van der Waals surface area (Å²) in [7, 11) is 0. The largest absolute Gasteiger partial charge is 0.467 e. The summed E-state index contributed by atoms with van der Waals surface area (Å²) in [5, 5.41) is 13.6. The molecule has 2 N–H and O–H groups in total. The van der Waals surface area contributed by atoms with Crippen LogP contribution in [0.4, 0.5) is 0 Å². The molecule has 1 unspecified atom stereocenters. The predicted octanol–water partition coefficient (Wildman–Crippen LogP) is 2.60. The molecule has 2 aromatic rings. The molecule has 0 radical (unpaired) electrons. The number of benzene rings is 1. The van der Waals surface area contributed by atoms with Crippen molar-refractivity contribution in [2.24, 2.45) is 0 Å². The van der Waals surface area contributed by atoms with Gasteiger partial charge in [0, 0.05) is 18.1 Å². The highest BCUT2D eigenvalue weighted by Crippen LogP contribution is 2.14. The number of ether oxygens (including phenoxy) is 1.